The van der Waals surface area contributed by atoms with Gasteiger partial charge in [0, 0.05) is 23.8 Å². The van der Waals surface area contributed by atoms with Crippen molar-refractivity contribution in [2.75, 3.05) is 29.7 Å². The zero-order chi connectivity index (χ0) is 24.5. The predicted octanol–water partition coefficient (Wildman–Crippen LogP) is 3.16. The lowest BCUT2D eigenvalue weighted by molar-refractivity contribution is 0.0526. The number of hydrogen-bond acceptors (Lipinski definition) is 9. The first-order chi connectivity index (χ1) is 16.2. The summed E-state index contributed by atoms with van der Waals surface area (Å²) < 4.78 is 29.0. The first kappa shape index (κ1) is 23.7. The van der Waals surface area contributed by atoms with E-state index < -0.39 is 15.8 Å². The topological polar surface area (TPSA) is 122 Å². The van der Waals surface area contributed by atoms with Gasteiger partial charge < -0.3 is 20.1 Å². The molecule has 0 amide bonds. The molecule has 1 aliphatic heterocycles. The fraction of sp³-hybridized carbons (Fsp3) is 0.292. The van der Waals surface area contributed by atoms with E-state index in [1.54, 1.807) is 26.0 Å². The Kier molecular flexibility index (Phi) is 6.54. The number of aliphatic hydroxyl groups excluding tert-OH is 1. The number of hydrogen-bond donors (Lipinski definition) is 2. The van der Waals surface area contributed by atoms with Gasteiger partial charge in [0.1, 0.15) is 5.56 Å². The lowest BCUT2D eigenvalue weighted by Gasteiger charge is -2.27. The third-order valence-corrected chi connectivity index (χ3v) is 6.86. The maximum Gasteiger partial charge on any atom is 0.343 e. The van der Waals surface area contributed by atoms with Gasteiger partial charge in [0.25, 0.3) is 0 Å². The summed E-state index contributed by atoms with van der Waals surface area (Å²) in [6.45, 7) is 3.50. The van der Waals surface area contributed by atoms with Crippen LogP contribution in [0.2, 0.25) is 0 Å². The van der Waals surface area contributed by atoms with Crippen molar-refractivity contribution in [2.24, 2.45) is 0 Å². The summed E-state index contributed by atoms with van der Waals surface area (Å²) in [7, 11) is -3.34. The molecule has 0 saturated carbocycles. The van der Waals surface area contributed by atoms with Gasteiger partial charge in [-0.1, -0.05) is 18.2 Å². The number of para-hydroxylation sites is 1. The van der Waals surface area contributed by atoms with Crippen LogP contribution in [0.5, 0.6) is 0 Å². The average Bonchev–Trinajstić information content (AvgIpc) is 3.17. The molecule has 3 aromatic rings. The number of sulfone groups is 1. The molecule has 0 saturated heterocycles. The second-order valence-electron chi connectivity index (χ2n) is 8.07. The first-order valence-corrected chi connectivity index (χ1v) is 12.7. The van der Waals surface area contributed by atoms with Gasteiger partial charge in [-0.2, -0.15) is 4.98 Å². The highest BCUT2D eigenvalue weighted by molar-refractivity contribution is 7.90. The van der Waals surface area contributed by atoms with Crippen LogP contribution < -0.4 is 10.2 Å². The Hall–Kier alpha value is -3.50. The molecule has 9 nitrogen and oxygen atoms in total. The van der Waals surface area contributed by atoms with Gasteiger partial charge in [0.15, 0.2) is 15.7 Å². The summed E-state index contributed by atoms with van der Waals surface area (Å²) in [5, 5.41) is 13.1. The molecule has 2 N–H and O–H groups in total. The molecule has 178 valence electrons. The Morgan fingerprint density at radius 1 is 1.26 bits per heavy atom. The van der Waals surface area contributed by atoms with E-state index in [4.69, 9.17) is 4.74 Å². The van der Waals surface area contributed by atoms with Crippen molar-refractivity contribution in [2.45, 2.75) is 31.2 Å². The van der Waals surface area contributed by atoms with Crippen molar-refractivity contribution in [3.63, 3.8) is 0 Å². The maximum absolute atomic E-state index is 12.7. The van der Waals surface area contributed by atoms with Crippen LogP contribution in [0.4, 0.5) is 23.1 Å². The van der Waals surface area contributed by atoms with E-state index in [0.29, 0.717) is 23.5 Å². The molecular formula is C24H26N4O5S. The predicted molar refractivity (Wildman–Crippen MR) is 129 cm³/mol. The minimum atomic E-state index is -3.34. The van der Waals surface area contributed by atoms with Gasteiger partial charge in [0.2, 0.25) is 5.95 Å². The van der Waals surface area contributed by atoms with Crippen LogP contribution >= 0.6 is 0 Å². The number of benzene rings is 2. The van der Waals surface area contributed by atoms with Crippen molar-refractivity contribution in [3.8, 4) is 0 Å². The van der Waals surface area contributed by atoms with Crippen LogP contribution in [-0.4, -0.2) is 55.0 Å². The fourth-order valence-corrected chi connectivity index (χ4v) is 5.09. The smallest absolute Gasteiger partial charge is 0.343 e. The Morgan fingerprint density at radius 3 is 2.71 bits per heavy atom. The quantitative estimate of drug-likeness (QED) is 0.489. The summed E-state index contributed by atoms with van der Waals surface area (Å²) in [6.07, 6.45) is 3.17. The number of carbonyl (C=O) groups is 1. The molecule has 1 aliphatic rings. The van der Waals surface area contributed by atoms with Crippen molar-refractivity contribution in [3.05, 3.63) is 65.4 Å². The van der Waals surface area contributed by atoms with Gasteiger partial charge in [-0.05, 0) is 55.7 Å². The fourth-order valence-electron chi connectivity index (χ4n) is 4.14. The molecule has 0 aliphatic carbocycles. The second-order valence-corrected chi connectivity index (χ2v) is 10.1. The summed E-state index contributed by atoms with van der Waals surface area (Å²) in [6, 6.07) is 12.3. The monoisotopic (exact) mass is 482 g/mol. The number of aliphatic hydroxyl groups is 1. The van der Waals surface area contributed by atoms with Crippen LogP contribution in [0, 0.1) is 6.92 Å². The number of carbonyl (C=O) groups excluding carboxylic acids is 1. The Labute approximate surface area is 198 Å². The van der Waals surface area contributed by atoms with E-state index >= 15 is 0 Å². The highest BCUT2D eigenvalue weighted by Gasteiger charge is 2.34. The van der Waals surface area contributed by atoms with Crippen LogP contribution in [0.3, 0.4) is 0 Å². The van der Waals surface area contributed by atoms with E-state index in [2.05, 4.69) is 15.3 Å². The summed E-state index contributed by atoms with van der Waals surface area (Å²) in [5.74, 6) is -0.0153. The molecular weight excluding hydrogens is 456 g/mol. The minimum absolute atomic E-state index is 0.129. The van der Waals surface area contributed by atoms with Crippen LogP contribution in [0.15, 0.2) is 53.6 Å². The number of esters is 1. The second kappa shape index (κ2) is 9.40. The first-order valence-electron chi connectivity index (χ1n) is 10.8. The van der Waals surface area contributed by atoms with Gasteiger partial charge in [-0.25, -0.2) is 18.2 Å². The molecule has 34 heavy (non-hydrogen) atoms. The van der Waals surface area contributed by atoms with Crippen molar-refractivity contribution in [1.29, 1.82) is 0 Å². The number of ether oxygens (including phenoxy) is 1. The molecule has 2 heterocycles. The number of nitrogens with one attached hydrogen (secondary N) is 1. The average molecular weight is 483 g/mol. The number of nitrogens with zero attached hydrogens (tertiary/aromatic N) is 3. The molecule has 0 radical (unpaired) electrons. The summed E-state index contributed by atoms with van der Waals surface area (Å²) >= 11 is 0. The number of aromatic nitrogens is 2. The van der Waals surface area contributed by atoms with Crippen molar-refractivity contribution >= 4 is 38.9 Å². The molecule has 0 bridgehead atoms. The van der Waals surface area contributed by atoms with Crippen LogP contribution in [0.1, 0.15) is 28.4 Å². The highest BCUT2D eigenvalue weighted by atomic mass is 32.2. The maximum atomic E-state index is 12.7. The SMILES string of the molecule is CCOC(=O)c1cnc(Nc2ccc(S(C)(=O)=O)c(C)c2)nc1N1c2ccccc2C[C@H]1CO. The lowest BCUT2D eigenvalue weighted by Crippen LogP contribution is -2.33. The van der Waals surface area contributed by atoms with E-state index in [-0.39, 0.29) is 35.7 Å². The van der Waals surface area contributed by atoms with Gasteiger partial charge >= 0.3 is 5.97 Å². The van der Waals surface area contributed by atoms with Gasteiger partial charge in [-0.15, -0.1) is 0 Å². The van der Waals surface area contributed by atoms with E-state index in [9.17, 15) is 18.3 Å². The van der Waals surface area contributed by atoms with Crippen LogP contribution in [0.25, 0.3) is 0 Å². The third-order valence-electron chi connectivity index (χ3n) is 5.61. The summed E-state index contributed by atoms with van der Waals surface area (Å²) in [4.78, 5) is 23.7. The lowest BCUT2D eigenvalue weighted by atomic mass is 10.1. The number of rotatable bonds is 7. The molecule has 10 heteroatoms. The Morgan fingerprint density at radius 2 is 2.03 bits per heavy atom. The van der Waals surface area contributed by atoms with Crippen molar-refractivity contribution < 1.29 is 23.1 Å². The minimum Gasteiger partial charge on any atom is -0.462 e. The zero-order valence-corrected chi connectivity index (χ0v) is 20.0. The Bertz CT molecular complexity index is 1340. The third kappa shape index (κ3) is 4.59. The van der Waals surface area contributed by atoms with Crippen molar-refractivity contribution in [1.82, 2.24) is 9.97 Å². The number of fused-ring (bicyclic) bond motifs is 1. The molecule has 4 rings (SSSR count). The van der Waals surface area contributed by atoms with Gasteiger partial charge in [-0.3, -0.25) is 0 Å². The molecule has 0 unspecified atom stereocenters. The van der Waals surface area contributed by atoms with E-state index in [1.807, 2.05) is 29.2 Å². The normalized spacial score (nSPS) is 15.2. The summed E-state index contributed by atoms with van der Waals surface area (Å²) in [5.41, 5.74) is 3.26. The highest BCUT2D eigenvalue weighted by Crippen LogP contribution is 2.39. The molecule has 1 aromatic heterocycles. The van der Waals surface area contributed by atoms with E-state index in [1.165, 1.54) is 12.3 Å². The van der Waals surface area contributed by atoms with Crippen LogP contribution in [-0.2, 0) is 21.0 Å². The molecule has 1 atom stereocenters. The van der Waals surface area contributed by atoms with E-state index in [0.717, 1.165) is 17.5 Å². The standard InChI is InChI=1S/C24H26N4O5S/c1-4-33-23(30)19-13-25-24(26-17-9-10-21(15(2)11-17)34(3,31)32)27-22(19)28-18(14-29)12-16-7-5-6-8-20(16)28/h5-11,13,18,29H,4,12,14H2,1-3H3,(H,25,26,27)/t18-/m0/s1. The largest absolute Gasteiger partial charge is 0.462 e. The molecule has 0 fully saturated rings. The number of aryl methyl sites for hydroxylation is 1. The Balaban J connectivity index is 1.77. The van der Waals surface area contributed by atoms with Gasteiger partial charge in [0.05, 0.1) is 24.2 Å². The molecule has 0 spiro atoms. The molecule has 2 aromatic carbocycles. The number of anilines is 4. The zero-order valence-electron chi connectivity index (χ0n) is 19.1.